The average Bonchev–Trinajstić information content (AvgIpc) is 3.22. The number of aromatic nitrogens is 1. The molecule has 0 saturated heterocycles. The van der Waals surface area contributed by atoms with Crippen molar-refractivity contribution in [2.45, 2.75) is 26.7 Å². The van der Waals surface area contributed by atoms with Crippen molar-refractivity contribution in [3.8, 4) is 17.0 Å². The predicted octanol–water partition coefficient (Wildman–Crippen LogP) is 7.03. The highest BCUT2D eigenvalue weighted by molar-refractivity contribution is 7.16. The maximum absolute atomic E-state index is 13.5. The quantitative estimate of drug-likeness (QED) is 0.274. The van der Waals surface area contributed by atoms with Gasteiger partial charge in [-0.05, 0) is 55.3 Å². The molecule has 0 bridgehead atoms. The SMILES string of the molecule is C=C/C(=C\C=C(\F)CC)C(=O)Nc1nc(-c2ccc(OC)cc2)c(Cc2ccc(C)cc2)s1. The van der Waals surface area contributed by atoms with Crippen molar-refractivity contribution in [1.29, 1.82) is 0 Å². The monoisotopic (exact) mass is 462 g/mol. The number of halogens is 1. The van der Waals surface area contributed by atoms with Crippen molar-refractivity contribution in [3.63, 3.8) is 0 Å². The molecule has 33 heavy (non-hydrogen) atoms. The number of benzene rings is 2. The molecule has 0 unspecified atom stereocenters. The Morgan fingerprint density at radius 3 is 2.45 bits per heavy atom. The molecule has 3 aromatic rings. The van der Waals surface area contributed by atoms with Crippen LogP contribution >= 0.6 is 11.3 Å². The van der Waals surface area contributed by atoms with E-state index in [4.69, 9.17) is 9.72 Å². The molecular formula is C27H27FN2O2S. The van der Waals surface area contributed by atoms with E-state index in [1.54, 1.807) is 14.0 Å². The Labute approximate surface area is 198 Å². The van der Waals surface area contributed by atoms with Crippen LogP contribution in [-0.4, -0.2) is 18.0 Å². The van der Waals surface area contributed by atoms with Crippen LogP contribution in [0.1, 0.15) is 29.3 Å². The zero-order chi connectivity index (χ0) is 23.8. The van der Waals surface area contributed by atoms with Crippen LogP contribution in [-0.2, 0) is 11.2 Å². The molecule has 0 aliphatic carbocycles. The second kappa shape index (κ2) is 11.4. The van der Waals surface area contributed by atoms with E-state index in [9.17, 15) is 9.18 Å². The van der Waals surface area contributed by atoms with Crippen LogP contribution in [0.15, 0.2) is 84.7 Å². The lowest BCUT2D eigenvalue weighted by Crippen LogP contribution is -2.12. The highest BCUT2D eigenvalue weighted by Gasteiger charge is 2.16. The molecule has 1 heterocycles. The van der Waals surface area contributed by atoms with Crippen LogP contribution in [0.2, 0.25) is 0 Å². The number of carbonyl (C=O) groups is 1. The second-order valence-electron chi connectivity index (χ2n) is 7.43. The molecule has 0 fully saturated rings. The Bertz CT molecular complexity index is 1180. The average molecular weight is 463 g/mol. The Hall–Kier alpha value is -3.51. The predicted molar refractivity (Wildman–Crippen MR) is 134 cm³/mol. The maximum atomic E-state index is 13.5. The molecule has 4 nitrogen and oxygen atoms in total. The number of aryl methyl sites for hydroxylation is 1. The maximum Gasteiger partial charge on any atom is 0.257 e. The van der Waals surface area contributed by atoms with E-state index in [2.05, 4.69) is 43.1 Å². The van der Waals surface area contributed by atoms with Gasteiger partial charge in [0, 0.05) is 22.4 Å². The molecule has 6 heteroatoms. The van der Waals surface area contributed by atoms with Gasteiger partial charge < -0.3 is 4.74 Å². The minimum atomic E-state index is -0.387. The molecule has 0 spiro atoms. The van der Waals surface area contributed by atoms with Crippen LogP contribution < -0.4 is 10.1 Å². The molecule has 0 aliphatic heterocycles. The number of amides is 1. The van der Waals surface area contributed by atoms with Crippen molar-refractivity contribution >= 4 is 22.4 Å². The zero-order valence-corrected chi connectivity index (χ0v) is 19.8. The first-order valence-corrected chi connectivity index (χ1v) is 11.4. The smallest absolute Gasteiger partial charge is 0.257 e. The molecule has 0 saturated carbocycles. The minimum Gasteiger partial charge on any atom is -0.497 e. The topological polar surface area (TPSA) is 51.2 Å². The summed E-state index contributed by atoms with van der Waals surface area (Å²) in [6.07, 6.45) is 5.06. The normalized spacial score (nSPS) is 11.9. The fourth-order valence-corrected chi connectivity index (χ4v) is 4.11. The van der Waals surface area contributed by atoms with E-state index in [-0.39, 0.29) is 23.7 Å². The molecule has 1 aromatic heterocycles. The first-order valence-electron chi connectivity index (χ1n) is 10.6. The highest BCUT2D eigenvalue weighted by Crippen LogP contribution is 2.34. The Morgan fingerprint density at radius 2 is 1.85 bits per heavy atom. The second-order valence-corrected chi connectivity index (χ2v) is 8.51. The summed E-state index contributed by atoms with van der Waals surface area (Å²) in [7, 11) is 1.63. The van der Waals surface area contributed by atoms with E-state index in [0.717, 1.165) is 27.4 Å². The molecule has 0 aliphatic rings. The van der Waals surface area contributed by atoms with E-state index in [1.165, 1.54) is 35.1 Å². The van der Waals surface area contributed by atoms with Crippen molar-refractivity contribution in [3.05, 3.63) is 101 Å². The number of anilines is 1. The summed E-state index contributed by atoms with van der Waals surface area (Å²) in [5, 5.41) is 3.31. The number of thiazole rings is 1. The number of carbonyl (C=O) groups excluding carboxylic acids is 1. The Kier molecular flexibility index (Phi) is 8.33. The number of methoxy groups -OCH3 is 1. The Balaban J connectivity index is 1.93. The third kappa shape index (κ3) is 6.49. The van der Waals surface area contributed by atoms with Crippen LogP contribution in [0.5, 0.6) is 5.75 Å². The third-order valence-electron chi connectivity index (χ3n) is 5.03. The zero-order valence-electron chi connectivity index (χ0n) is 19.0. The van der Waals surface area contributed by atoms with Gasteiger partial charge in [-0.15, -0.1) is 11.3 Å². The molecule has 0 radical (unpaired) electrons. The summed E-state index contributed by atoms with van der Waals surface area (Å²) in [4.78, 5) is 18.5. The number of nitrogens with one attached hydrogen (secondary N) is 1. The molecule has 1 N–H and O–H groups in total. The van der Waals surface area contributed by atoms with Crippen molar-refractivity contribution in [2.24, 2.45) is 0 Å². The first-order chi connectivity index (χ1) is 15.9. The summed E-state index contributed by atoms with van der Waals surface area (Å²) < 4.78 is 18.7. The summed E-state index contributed by atoms with van der Waals surface area (Å²) in [6.45, 7) is 7.43. The number of hydrogen-bond acceptors (Lipinski definition) is 4. The van der Waals surface area contributed by atoms with Gasteiger partial charge in [-0.2, -0.15) is 0 Å². The minimum absolute atomic E-state index is 0.264. The van der Waals surface area contributed by atoms with Gasteiger partial charge in [0.1, 0.15) is 5.75 Å². The fourth-order valence-electron chi connectivity index (χ4n) is 3.09. The molecular weight excluding hydrogens is 435 g/mol. The van der Waals surface area contributed by atoms with Crippen molar-refractivity contribution in [2.75, 3.05) is 12.4 Å². The van der Waals surface area contributed by atoms with Crippen LogP contribution in [0, 0.1) is 6.92 Å². The summed E-state index contributed by atoms with van der Waals surface area (Å²) in [5.74, 6) is 0.0661. The van der Waals surface area contributed by atoms with E-state index in [0.29, 0.717) is 11.6 Å². The summed E-state index contributed by atoms with van der Waals surface area (Å²) in [6, 6.07) is 16.0. The molecule has 170 valence electrons. The largest absolute Gasteiger partial charge is 0.497 e. The van der Waals surface area contributed by atoms with Gasteiger partial charge in [-0.25, -0.2) is 9.37 Å². The molecule has 3 rings (SSSR count). The standard InChI is InChI=1S/C27H27FN2O2S/c1-5-20(11-14-22(28)6-2)26(31)30-27-29-25(21-12-15-23(32-4)16-13-21)24(33-27)17-19-9-7-18(3)8-10-19/h5,7-16H,1,6,17H2,2-4H3,(H,29,30,31)/b20-11+,22-14+. The van der Waals surface area contributed by atoms with Gasteiger partial charge in [0.25, 0.3) is 5.91 Å². The van der Waals surface area contributed by atoms with E-state index in [1.807, 2.05) is 24.3 Å². The van der Waals surface area contributed by atoms with E-state index < -0.39 is 0 Å². The number of ether oxygens (including phenoxy) is 1. The molecule has 2 aromatic carbocycles. The third-order valence-corrected chi connectivity index (χ3v) is 6.00. The highest BCUT2D eigenvalue weighted by atomic mass is 32.1. The first kappa shape index (κ1) is 24.1. The number of allylic oxidation sites excluding steroid dienone is 3. The van der Waals surface area contributed by atoms with Gasteiger partial charge in [0.05, 0.1) is 18.6 Å². The van der Waals surface area contributed by atoms with Crippen LogP contribution in [0.3, 0.4) is 0 Å². The molecule has 1 amide bonds. The van der Waals surface area contributed by atoms with Gasteiger partial charge in [-0.3, -0.25) is 10.1 Å². The lowest BCUT2D eigenvalue weighted by atomic mass is 10.1. The van der Waals surface area contributed by atoms with Gasteiger partial charge >= 0.3 is 0 Å². The van der Waals surface area contributed by atoms with Gasteiger partial charge in [-0.1, -0.05) is 49.4 Å². The fraction of sp³-hybridized carbons (Fsp3) is 0.185. The molecule has 0 atom stereocenters. The van der Waals surface area contributed by atoms with E-state index >= 15 is 0 Å². The summed E-state index contributed by atoms with van der Waals surface area (Å²) >= 11 is 1.42. The van der Waals surface area contributed by atoms with Crippen molar-refractivity contribution < 1.29 is 13.9 Å². The summed E-state index contributed by atoms with van der Waals surface area (Å²) in [5.41, 5.74) is 4.36. The van der Waals surface area contributed by atoms with Gasteiger partial charge in [0.2, 0.25) is 0 Å². The lowest BCUT2D eigenvalue weighted by Gasteiger charge is -2.05. The van der Waals surface area contributed by atoms with Crippen LogP contribution in [0.4, 0.5) is 9.52 Å². The van der Waals surface area contributed by atoms with Gasteiger partial charge in [0.15, 0.2) is 5.13 Å². The van der Waals surface area contributed by atoms with Crippen LogP contribution in [0.25, 0.3) is 11.3 Å². The Morgan fingerprint density at radius 1 is 1.15 bits per heavy atom. The number of nitrogens with zero attached hydrogens (tertiary/aromatic N) is 1. The number of rotatable bonds is 9. The number of hydrogen-bond donors (Lipinski definition) is 1. The lowest BCUT2D eigenvalue weighted by molar-refractivity contribution is -0.112. The van der Waals surface area contributed by atoms with Crippen molar-refractivity contribution in [1.82, 2.24) is 4.98 Å².